The molecule has 18 heavy (non-hydrogen) atoms. The van der Waals surface area contributed by atoms with Gasteiger partial charge in [-0.3, -0.25) is 0 Å². The van der Waals surface area contributed by atoms with Gasteiger partial charge in [-0.1, -0.05) is 0 Å². The molecule has 2 heterocycles. The number of likely N-dealkylation sites (N-methyl/N-ethyl adjacent to an activating group) is 1. The molecular formula is C11H23N3O3S. The Labute approximate surface area is 109 Å². The summed E-state index contributed by atoms with van der Waals surface area (Å²) in [4.78, 5) is 0. The number of nitrogens with one attached hydrogen (secondary N) is 1. The van der Waals surface area contributed by atoms with Gasteiger partial charge < -0.3 is 10.1 Å². The molecule has 0 amide bonds. The van der Waals surface area contributed by atoms with Gasteiger partial charge in [0.15, 0.2) is 0 Å². The summed E-state index contributed by atoms with van der Waals surface area (Å²) in [5.41, 5.74) is 0. The van der Waals surface area contributed by atoms with E-state index < -0.39 is 10.2 Å². The SMILES string of the molecule is COCCN(C)S(=O)(=O)N1CCC2CCC(C1)N2. The third kappa shape index (κ3) is 3.03. The molecule has 2 saturated heterocycles. The van der Waals surface area contributed by atoms with Gasteiger partial charge in [0.2, 0.25) is 0 Å². The maximum atomic E-state index is 12.4. The molecule has 6 nitrogen and oxygen atoms in total. The zero-order valence-electron chi connectivity index (χ0n) is 11.1. The van der Waals surface area contributed by atoms with Crippen molar-refractivity contribution in [2.24, 2.45) is 0 Å². The summed E-state index contributed by atoms with van der Waals surface area (Å²) < 4.78 is 32.7. The first kappa shape index (κ1) is 14.2. The van der Waals surface area contributed by atoms with E-state index in [2.05, 4.69) is 5.32 Å². The Kier molecular flexibility index (Phi) is 4.60. The zero-order chi connectivity index (χ0) is 13.2. The van der Waals surface area contributed by atoms with Crippen molar-refractivity contribution in [3.8, 4) is 0 Å². The molecule has 0 radical (unpaired) electrons. The van der Waals surface area contributed by atoms with Crippen LogP contribution in [0.5, 0.6) is 0 Å². The lowest BCUT2D eigenvalue weighted by molar-refractivity contribution is 0.182. The lowest BCUT2D eigenvalue weighted by Gasteiger charge is -2.28. The first-order valence-electron chi connectivity index (χ1n) is 6.50. The average Bonchev–Trinajstić information content (AvgIpc) is 2.65. The van der Waals surface area contributed by atoms with Crippen LogP contribution in [-0.2, 0) is 14.9 Å². The molecule has 2 bridgehead atoms. The van der Waals surface area contributed by atoms with E-state index in [1.165, 1.54) is 10.7 Å². The fourth-order valence-corrected chi connectivity index (χ4v) is 4.06. The molecule has 0 aromatic carbocycles. The van der Waals surface area contributed by atoms with Gasteiger partial charge >= 0.3 is 0 Å². The molecule has 0 spiro atoms. The normalized spacial score (nSPS) is 29.7. The highest BCUT2D eigenvalue weighted by Gasteiger charge is 2.35. The largest absolute Gasteiger partial charge is 0.383 e. The van der Waals surface area contributed by atoms with Crippen molar-refractivity contribution in [2.75, 3.05) is 40.4 Å². The molecule has 2 aliphatic heterocycles. The van der Waals surface area contributed by atoms with Gasteiger partial charge in [0.05, 0.1) is 6.61 Å². The molecule has 7 heteroatoms. The number of hydrogen-bond donors (Lipinski definition) is 1. The highest BCUT2D eigenvalue weighted by Crippen LogP contribution is 2.22. The molecule has 2 fully saturated rings. The minimum atomic E-state index is -3.33. The van der Waals surface area contributed by atoms with Crippen LogP contribution in [0.25, 0.3) is 0 Å². The lowest BCUT2D eigenvalue weighted by atomic mass is 10.1. The number of nitrogens with zero attached hydrogens (tertiary/aromatic N) is 2. The van der Waals surface area contributed by atoms with Crippen molar-refractivity contribution < 1.29 is 13.2 Å². The molecule has 2 atom stereocenters. The van der Waals surface area contributed by atoms with Crippen LogP contribution in [-0.4, -0.2) is 69.5 Å². The minimum Gasteiger partial charge on any atom is -0.383 e. The highest BCUT2D eigenvalue weighted by molar-refractivity contribution is 7.86. The van der Waals surface area contributed by atoms with Crippen molar-refractivity contribution in [1.82, 2.24) is 13.9 Å². The van der Waals surface area contributed by atoms with Gasteiger partial charge in [0.1, 0.15) is 0 Å². The molecule has 0 aromatic heterocycles. The monoisotopic (exact) mass is 277 g/mol. The Morgan fingerprint density at radius 2 is 2.06 bits per heavy atom. The first-order chi connectivity index (χ1) is 8.54. The van der Waals surface area contributed by atoms with Gasteiger partial charge in [0.25, 0.3) is 10.2 Å². The average molecular weight is 277 g/mol. The summed E-state index contributed by atoms with van der Waals surface area (Å²) in [7, 11) is -0.139. The first-order valence-corrected chi connectivity index (χ1v) is 7.90. The summed E-state index contributed by atoms with van der Waals surface area (Å²) in [6, 6.07) is 0.822. The van der Waals surface area contributed by atoms with Gasteiger partial charge in [0, 0.05) is 45.9 Å². The lowest BCUT2D eigenvalue weighted by Crippen LogP contribution is -2.46. The summed E-state index contributed by atoms with van der Waals surface area (Å²) in [5.74, 6) is 0. The molecule has 2 aliphatic rings. The van der Waals surface area contributed by atoms with Crippen LogP contribution in [0.1, 0.15) is 19.3 Å². The third-order valence-corrected chi connectivity index (χ3v) is 5.77. The molecule has 1 N–H and O–H groups in total. The maximum absolute atomic E-state index is 12.4. The van der Waals surface area contributed by atoms with Gasteiger partial charge in [-0.25, -0.2) is 0 Å². The van der Waals surface area contributed by atoms with Crippen LogP contribution in [0, 0.1) is 0 Å². The molecule has 0 aromatic rings. The number of hydrogen-bond acceptors (Lipinski definition) is 4. The van der Waals surface area contributed by atoms with E-state index in [-0.39, 0.29) is 0 Å². The Balaban J connectivity index is 2.00. The van der Waals surface area contributed by atoms with E-state index in [4.69, 9.17) is 4.74 Å². The number of methoxy groups -OCH3 is 1. The Bertz CT molecular complexity index is 374. The Morgan fingerprint density at radius 3 is 2.78 bits per heavy atom. The topological polar surface area (TPSA) is 61.9 Å². The molecular weight excluding hydrogens is 254 g/mol. The Morgan fingerprint density at radius 1 is 1.33 bits per heavy atom. The van der Waals surface area contributed by atoms with Crippen molar-refractivity contribution >= 4 is 10.2 Å². The summed E-state index contributed by atoms with van der Waals surface area (Å²) >= 11 is 0. The highest BCUT2D eigenvalue weighted by atomic mass is 32.2. The second kappa shape index (κ2) is 5.83. The number of rotatable bonds is 5. The van der Waals surface area contributed by atoms with E-state index in [1.807, 2.05) is 0 Å². The predicted molar refractivity (Wildman–Crippen MR) is 69.6 cm³/mol. The van der Waals surface area contributed by atoms with Crippen LogP contribution in [0.4, 0.5) is 0 Å². The number of ether oxygens (including phenoxy) is 1. The van der Waals surface area contributed by atoms with Crippen LogP contribution in [0.15, 0.2) is 0 Å². The Hall–Kier alpha value is -0.210. The van der Waals surface area contributed by atoms with Gasteiger partial charge in [-0.05, 0) is 19.3 Å². The standard InChI is InChI=1S/C11H23N3O3S/c1-13(7-8-17-2)18(15,16)14-6-5-10-3-4-11(9-14)12-10/h10-12H,3-9H2,1-2H3. The molecule has 2 rings (SSSR count). The molecule has 0 aliphatic carbocycles. The van der Waals surface area contributed by atoms with Crippen LogP contribution in [0.3, 0.4) is 0 Å². The minimum absolute atomic E-state index is 0.322. The molecule has 0 saturated carbocycles. The van der Waals surface area contributed by atoms with Gasteiger partial charge in [-0.15, -0.1) is 0 Å². The van der Waals surface area contributed by atoms with Crippen LogP contribution in [0.2, 0.25) is 0 Å². The van der Waals surface area contributed by atoms with E-state index in [0.29, 0.717) is 38.3 Å². The van der Waals surface area contributed by atoms with Crippen molar-refractivity contribution in [3.63, 3.8) is 0 Å². The van der Waals surface area contributed by atoms with Crippen molar-refractivity contribution in [3.05, 3.63) is 0 Å². The van der Waals surface area contributed by atoms with Crippen LogP contribution < -0.4 is 5.32 Å². The number of fused-ring (bicyclic) bond motifs is 2. The third-order valence-electron chi connectivity index (χ3n) is 3.82. The van der Waals surface area contributed by atoms with E-state index in [9.17, 15) is 8.42 Å². The predicted octanol–water partition coefficient (Wildman–Crippen LogP) is -0.364. The summed E-state index contributed by atoms with van der Waals surface area (Å²) in [6.07, 6.45) is 3.17. The van der Waals surface area contributed by atoms with Crippen molar-refractivity contribution in [2.45, 2.75) is 31.3 Å². The maximum Gasteiger partial charge on any atom is 0.281 e. The quantitative estimate of drug-likeness (QED) is 0.745. The molecule has 2 unspecified atom stereocenters. The van der Waals surface area contributed by atoms with E-state index in [1.54, 1.807) is 18.5 Å². The second-order valence-corrected chi connectivity index (χ2v) is 7.14. The summed E-state index contributed by atoms with van der Waals surface area (Å²) in [5, 5.41) is 3.49. The summed E-state index contributed by atoms with van der Waals surface area (Å²) in [6.45, 7) is 2.04. The van der Waals surface area contributed by atoms with E-state index in [0.717, 1.165) is 12.8 Å². The fourth-order valence-electron chi connectivity index (χ4n) is 2.65. The fraction of sp³-hybridized carbons (Fsp3) is 1.00. The van der Waals surface area contributed by atoms with Crippen LogP contribution >= 0.6 is 0 Å². The van der Waals surface area contributed by atoms with Gasteiger partial charge in [-0.2, -0.15) is 17.0 Å². The molecule has 106 valence electrons. The van der Waals surface area contributed by atoms with Crippen molar-refractivity contribution in [1.29, 1.82) is 0 Å². The van der Waals surface area contributed by atoms with E-state index >= 15 is 0 Å². The zero-order valence-corrected chi connectivity index (χ0v) is 11.9. The smallest absolute Gasteiger partial charge is 0.281 e. The second-order valence-electron chi connectivity index (χ2n) is 5.11.